The fourth-order valence-electron chi connectivity index (χ4n) is 2.03. The van der Waals surface area contributed by atoms with Crippen LogP contribution in [0.5, 0.6) is 0 Å². The van der Waals surface area contributed by atoms with Crippen molar-refractivity contribution in [3.8, 4) is 11.3 Å². The molecule has 0 radical (unpaired) electrons. The van der Waals surface area contributed by atoms with Crippen LogP contribution in [-0.4, -0.2) is 16.5 Å². The topological polar surface area (TPSA) is 54.7 Å². The van der Waals surface area contributed by atoms with Crippen LogP contribution in [-0.2, 0) is 12.6 Å². The summed E-state index contributed by atoms with van der Waals surface area (Å²) in [6, 6.07) is 5.48. The number of aromatic nitrogens is 2. The first-order valence-corrected chi connectivity index (χ1v) is 6.43. The number of halogens is 3. The van der Waals surface area contributed by atoms with Gasteiger partial charge in [-0.3, -0.25) is 0 Å². The van der Waals surface area contributed by atoms with Crippen molar-refractivity contribution in [1.29, 1.82) is 0 Å². The average molecular weight is 283 g/mol. The summed E-state index contributed by atoms with van der Waals surface area (Å²) in [6.45, 7) is 0.602. The molecule has 3 nitrogen and oxygen atoms in total. The summed E-state index contributed by atoms with van der Waals surface area (Å²) >= 11 is 0. The number of rotatable bonds is 5. The Morgan fingerprint density at radius 2 is 1.90 bits per heavy atom. The number of nitrogens with zero attached hydrogens (tertiary/aromatic N) is 1. The molecule has 20 heavy (non-hydrogen) atoms. The fraction of sp³-hybridized carbons (Fsp3) is 0.357. The monoisotopic (exact) mass is 283 g/mol. The van der Waals surface area contributed by atoms with Crippen LogP contribution in [0.25, 0.3) is 11.3 Å². The second-order valence-electron chi connectivity index (χ2n) is 4.53. The first-order chi connectivity index (χ1) is 9.52. The lowest BCUT2D eigenvalue weighted by Crippen LogP contribution is -2.06. The minimum Gasteiger partial charge on any atom is -0.342 e. The number of aromatic amines is 1. The minimum atomic E-state index is -4.37. The van der Waals surface area contributed by atoms with Gasteiger partial charge < -0.3 is 10.7 Å². The third-order valence-corrected chi connectivity index (χ3v) is 3.02. The summed E-state index contributed by atoms with van der Waals surface area (Å²) in [6.07, 6.45) is -0.505. The number of nitrogens with two attached hydrogens (primary N) is 1. The van der Waals surface area contributed by atoms with Crippen LogP contribution in [0.4, 0.5) is 13.2 Å². The van der Waals surface area contributed by atoms with Crippen LogP contribution in [0, 0.1) is 0 Å². The van der Waals surface area contributed by atoms with Gasteiger partial charge in [0.2, 0.25) is 0 Å². The van der Waals surface area contributed by atoms with E-state index >= 15 is 0 Å². The second kappa shape index (κ2) is 6.09. The van der Waals surface area contributed by atoms with Gasteiger partial charge in [0, 0.05) is 12.0 Å². The number of H-pyrrole nitrogens is 1. The minimum absolute atomic E-state index is 0.123. The molecule has 108 valence electrons. The molecule has 2 aromatic rings. The number of aryl methyl sites for hydroxylation is 1. The molecule has 1 aromatic heterocycles. The van der Waals surface area contributed by atoms with E-state index in [1.807, 2.05) is 0 Å². The van der Waals surface area contributed by atoms with Crippen LogP contribution >= 0.6 is 0 Å². The van der Waals surface area contributed by atoms with Gasteiger partial charge in [-0.25, -0.2) is 4.98 Å². The summed E-state index contributed by atoms with van der Waals surface area (Å²) < 4.78 is 38.8. The molecule has 1 aromatic carbocycles. The van der Waals surface area contributed by atoms with Crippen LogP contribution < -0.4 is 5.73 Å². The van der Waals surface area contributed by atoms with Crippen molar-refractivity contribution in [2.45, 2.75) is 25.4 Å². The van der Waals surface area contributed by atoms with E-state index in [0.29, 0.717) is 24.5 Å². The maximum absolute atomic E-state index is 12.9. The van der Waals surface area contributed by atoms with Crippen LogP contribution in [0.15, 0.2) is 30.5 Å². The highest BCUT2D eigenvalue weighted by Crippen LogP contribution is 2.36. The highest BCUT2D eigenvalue weighted by atomic mass is 19.4. The summed E-state index contributed by atoms with van der Waals surface area (Å²) in [5, 5.41) is 0. The Balaban J connectivity index is 2.24. The number of unbranched alkanes of at least 4 members (excludes halogenated alkanes) is 1. The van der Waals surface area contributed by atoms with Crippen LogP contribution in [0.2, 0.25) is 0 Å². The van der Waals surface area contributed by atoms with Crippen molar-refractivity contribution >= 4 is 0 Å². The number of benzene rings is 1. The Labute approximate surface area is 115 Å². The zero-order valence-electron chi connectivity index (χ0n) is 10.9. The molecule has 3 N–H and O–H groups in total. The summed E-state index contributed by atoms with van der Waals surface area (Å²) in [5.41, 5.74) is 5.26. The molecule has 0 spiro atoms. The molecule has 0 atom stereocenters. The van der Waals surface area contributed by atoms with E-state index in [-0.39, 0.29) is 5.56 Å². The standard InChI is InChI=1S/C14H16F3N3/c15-14(16,17)11-6-2-1-5-10(11)12-9-19-13(20-12)7-3-4-8-18/h1-2,5-6,9H,3-4,7-8,18H2,(H,19,20). The molecular formula is C14H16F3N3. The van der Waals surface area contributed by atoms with E-state index in [4.69, 9.17) is 5.73 Å². The van der Waals surface area contributed by atoms with E-state index in [2.05, 4.69) is 9.97 Å². The molecule has 1 heterocycles. The molecular weight excluding hydrogens is 267 g/mol. The summed E-state index contributed by atoms with van der Waals surface area (Å²) in [5.74, 6) is 0.686. The number of hydrogen-bond acceptors (Lipinski definition) is 2. The molecule has 0 amide bonds. The Kier molecular flexibility index (Phi) is 4.44. The molecule has 0 bridgehead atoms. The van der Waals surface area contributed by atoms with Crippen molar-refractivity contribution in [3.63, 3.8) is 0 Å². The maximum Gasteiger partial charge on any atom is 0.417 e. The van der Waals surface area contributed by atoms with Crippen molar-refractivity contribution in [1.82, 2.24) is 9.97 Å². The van der Waals surface area contributed by atoms with Crippen molar-refractivity contribution in [3.05, 3.63) is 41.9 Å². The smallest absolute Gasteiger partial charge is 0.342 e. The predicted molar refractivity (Wildman–Crippen MR) is 71.0 cm³/mol. The predicted octanol–water partition coefficient (Wildman–Crippen LogP) is 3.38. The van der Waals surface area contributed by atoms with Gasteiger partial charge in [-0.2, -0.15) is 13.2 Å². The van der Waals surface area contributed by atoms with Gasteiger partial charge >= 0.3 is 6.18 Å². The Hall–Kier alpha value is -1.82. The van der Waals surface area contributed by atoms with E-state index in [9.17, 15) is 13.2 Å². The van der Waals surface area contributed by atoms with E-state index < -0.39 is 11.7 Å². The summed E-state index contributed by atoms with van der Waals surface area (Å²) in [4.78, 5) is 7.07. The third-order valence-electron chi connectivity index (χ3n) is 3.02. The molecule has 2 rings (SSSR count). The lowest BCUT2D eigenvalue weighted by atomic mass is 10.0. The highest BCUT2D eigenvalue weighted by molar-refractivity contribution is 5.64. The first-order valence-electron chi connectivity index (χ1n) is 6.43. The quantitative estimate of drug-likeness (QED) is 0.826. The van der Waals surface area contributed by atoms with Gasteiger partial charge in [0.25, 0.3) is 0 Å². The van der Waals surface area contributed by atoms with Crippen molar-refractivity contribution in [2.75, 3.05) is 6.54 Å². The molecule has 0 aliphatic carbocycles. The molecule has 0 unspecified atom stereocenters. The van der Waals surface area contributed by atoms with E-state index in [1.165, 1.54) is 18.3 Å². The SMILES string of the molecule is NCCCCc1ncc(-c2ccccc2C(F)(F)F)[nH]1. The van der Waals surface area contributed by atoms with Crippen LogP contribution in [0.1, 0.15) is 24.2 Å². The zero-order valence-corrected chi connectivity index (χ0v) is 10.9. The Bertz CT molecular complexity index is 561. The lowest BCUT2D eigenvalue weighted by Gasteiger charge is -2.11. The first kappa shape index (κ1) is 14.6. The van der Waals surface area contributed by atoms with Gasteiger partial charge in [-0.05, 0) is 25.5 Å². The number of imidazole rings is 1. The normalized spacial score (nSPS) is 11.8. The maximum atomic E-state index is 12.9. The second-order valence-corrected chi connectivity index (χ2v) is 4.53. The molecule has 0 aliphatic heterocycles. The van der Waals surface area contributed by atoms with Gasteiger partial charge in [0.1, 0.15) is 5.82 Å². The van der Waals surface area contributed by atoms with Crippen LogP contribution in [0.3, 0.4) is 0 Å². The van der Waals surface area contributed by atoms with E-state index in [0.717, 1.165) is 18.9 Å². The molecule has 0 saturated carbocycles. The van der Waals surface area contributed by atoms with Crippen molar-refractivity contribution in [2.24, 2.45) is 5.73 Å². The fourth-order valence-corrected chi connectivity index (χ4v) is 2.03. The zero-order chi connectivity index (χ0) is 14.6. The molecule has 0 saturated heterocycles. The number of alkyl halides is 3. The number of hydrogen-bond donors (Lipinski definition) is 2. The average Bonchev–Trinajstić information content (AvgIpc) is 2.87. The molecule has 0 aliphatic rings. The lowest BCUT2D eigenvalue weighted by molar-refractivity contribution is -0.137. The number of nitrogens with one attached hydrogen (secondary N) is 1. The Morgan fingerprint density at radius 3 is 2.60 bits per heavy atom. The van der Waals surface area contributed by atoms with Gasteiger partial charge in [0.05, 0.1) is 17.5 Å². The summed E-state index contributed by atoms with van der Waals surface area (Å²) in [7, 11) is 0. The van der Waals surface area contributed by atoms with Gasteiger partial charge in [0.15, 0.2) is 0 Å². The molecule has 6 heteroatoms. The van der Waals surface area contributed by atoms with Crippen molar-refractivity contribution < 1.29 is 13.2 Å². The Morgan fingerprint density at radius 1 is 1.15 bits per heavy atom. The molecule has 0 fully saturated rings. The highest BCUT2D eigenvalue weighted by Gasteiger charge is 2.33. The third kappa shape index (κ3) is 3.39. The van der Waals surface area contributed by atoms with Gasteiger partial charge in [-0.15, -0.1) is 0 Å². The largest absolute Gasteiger partial charge is 0.417 e. The van der Waals surface area contributed by atoms with Gasteiger partial charge in [-0.1, -0.05) is 18.2 Å². The van der Waals surface area contributed by atoms with E-state index in [1.54, 1.807) is 6.07 Å².